The first-order valence-corrected chi connectivity index (χ1v) is 6.34. The summed E-state index contributed by atoms with van der Waals surface area (Å²) in [5, 5.41) is 6.26. The van der Waals surface area contributed by atoms with Gasteiger partial charge in [0.05, 0.1) is 12.9 Å². The molecule has 0 spiro atoms. The molecule has 19 heavy (non-hydrogen) atoms. The fraction of sp³-hybridized carbons (Fsp3) is 0.615. The standard InChI is InChI=1S/C13H20N2O3.ClH/c1-17-9-11(12-3-2-8-18-12)15-13(16)10-4-6-14-7-5-10;/h2-3,8,10-11,14H,4-7,9H2,1H3,(H,15,16);1H. The summed E-state index contributed by atoms with van der Waals surface area (Å²) < 4.78 is 10.5. The number of furan rings is 1. The van der Waals surface area contributed by atoms with Crippen LogP contribution in [-0.2, 0) is 9.53 Å². The Balaban J connectivity index is 0.00000180. The van der Waals surface area contributed by atoms with Gasteiger partial charge in [0, 0.05) is 13.0 Å². The predicted molar refractivity (Wildman–Crippen MR) is 74.3 cm³/mol. The SMILES string of the molecule is COCC(NC(=O)C1CCNCC1)c1ccco1.Cl. The van der Waals surface area contributed by atoms with Crippen molar-refractivity contribution in [1.29, 1.82) is 0 Å². The van der Waals surface area contributed by atoms with Crippen molar-refractivity contribution in [2.75, 3.05) is 26.8 Å². The van der Waals surface area contributed by atoms with Crippen molar-refractivity contribution >= 4 is 18.3 Å². The first-order valence-electron chi connectivity index (χ1n) is 6.34. The van der Waals surface area contributed by atoms with Crippen LogP contribution >= 0.6 is 12.4 Å². The molecule has 1 unspecified atom stereocenters. The molecule has 1 aliphatic heterocycles. The maximum absolute atomic E-state index is 12.1. The number of nitrogens with one attached hydrogen (secondary N) is 2. The van der Waals surface area contributed by atoms with E-state index in [1.54, 1.807) is 13.4 Å². The van der Waals surface area contributed by atoms with Gasteiger partial charge in [-0.2, -0.15) is 0 Å². The van der Waals surface area contributed by atoms with E-state index in [-0.39, 0.29) is 30.3 Å². The first kappa shape index (κ1) is 16.0. The van der Waals surface area contributed by atoms with E-state index < -0.39 is 0 Å². The summed E-state index contributed by atoms with van der Waals surface area (Å²) in [4.78, 5) is 12.1. The molecule has 1 amide bonds. The topological polar surface area (TPSA) is 63.5 Å². The van der Waals surface area contributed by atoms with Crippen LogP contribution in [0.4, 0.5) is 0 Å². The quantitative estimate of drug-likeness (QED) is 0.862. The number of halogens is 1. The third-order valence-electron chi connectivity index (χ3n) is 3.25. The summed E-state index contributed by atoms with van der Waals surface area (Å²) >= 11 is 0. The van der Waals surface area contributed by atoms with E-state index in [1.165, 1.54) is 0 Å². The number of hydrogen-bond donors (Lipinski definition) is 2. The van der Waals surface area contributed by atoms with Gasteiger partial charge in [-0.25, -0.2) is 0 Å². The van der Waals surface area contributed by atoms with Gasteiger partial charge in [-0.15, -0.1) is 12.4 Å². The van der Waals surface area contributed by atoms with E-state index in [4.69, 9.17) is 9.15 Å². The number of methoxy groups -OCH3 is 1. The highest BCUT2D eigenvalue weighted by atomic mass is 35.5. The normalized spacial score (nSPS) is 17.5. The zero-order chi connectivity index (χ0) is 12.8. The molecule has 1 aromatic rings. The second kappa shape index (κ2) is 8.19. The fourth-order valence-electron chi connectivity index (χ4n) is 2.22. The van der Waals surface area contributed by atoms with E-state index in [1.807, 2.05) is 12.1 Å². The fourth-order valence-corrected chi connectivity index (χ4v) is 2.22. The van der Waals surface area contributed by atoms with Crippen LogP contribution in [0, 0.1) is 5.92 Å². The number of hydrogen-bond acceptors (Lipinski definition) is 4. The van der Waals surface area contributed by atoms with Crippen molar-refractivity contribution in [3.8, 4) is 0 Å². The van der Waals surface area contributed by atoms with Gasteiger partial charge in [0.1, 0.15) is 11.8 Å². The van der Waals surface area contributed by atoms with Crippen molar-refractivity contribution < 1.29 is 13.9 Å². The van der Waals surface area contributed by atoms with Gasteiger partial charge in [0.15, 0.2) is 0 Å². The molecule has 1 aromatic heterocycles. The minimum atomic E-state index is -0.201. The lowest BCUT2D eigenvalue weighted by atomic mass is 9.97. The summed E-state index contributed by atoms with van der Waals surface area (Å²) in [6.07, 6.45) is 3.39. The van der Waals surface area contributed by atoms with E-state index in [0.717, 1.165) is 31.7 Å². The zero-order valence-corrected chi connectivity index (χ0v) is 11.9. The smallest absolute Gasteiger partial charge is 0.223 e. The zero-order valence-electron chi connectivity index (χ0n) is 11.1. The van der Waals surface area contributed by atoms with E-state index in [9.17, 15) is 4.79 Å². The molecule has 5 nitrogen and oxygen atoms in total. The van der Waals surface area contributed by atoms with E-state index in [2.05, 4.69) is 10.6 Å². The van der Waals surface area contributed by atoms with Gasteiger partial charge in [0.25, 0.3) is 0 Å². The number of rotatable bonds is 5. The molecule has 0 radical (unpaired) electrons. The Morgan fingerprint density at radius 1 is 1.58 bits per heavy atom. The van der Waals surface area contributed by atoms with Crippen LogP contribution in [0.5, 0.6) is 0 Å². The van der Waals surface area contributed by atoms with Gasteiger partial charge in [-0.05, 0) is 38.1 Å². The van der Waals surface area contributed by atoms with Crippen LogP contribution in [-0.4, -0.2) is 32.7 Å². The Bertz CT molecular complexity index is 364. The van der Waals surface area contributed by atoms with Crippen molar-refractivity contribution in [3.05, 3.63) is 24.2 Å². The van der Waals surface area contributed by atoms with Gasteiger partial charge in [-0.1, -0.05) is 0 Å². The molecule has 0 aromatic carbocycles. The molecule has 2 N–H and O–H groups in total. The number of carbonyl (C=O) groups excluding carboxylic acids is 1. The molecular weight excluding hydrogens is 268 g/mol. The molecule has 0 saturated carbocycles. The van der Waals surface area contributed by atoms with Gasteiger partial charge < -0.3 is 19.8 Å². The summed E-state index contributed by atoms with van der Waals surface area (Å²) in [5.41, 5.74) is 0. The van der Waals surface area contributed by atoms with Crippen molar-refractivity contribution in [2.24, 2.45) is 5.92 Å². The van der Waals surface area contributed by atoms with Crippen LogP contribution in [0.3, 0.4) is 0 Å². The Kier molecular flexibility index (Phi) is 6.91. The molecule has 1 aliphatic rings. The van der Waals surface area contributed by atoms with Crippen molar-refractivity contribution in [1.82, 2.24) is 10.6 Å². The Hall–Kier alpha value is -1.04. The van der Waals surface area contributed by atoms with Crippen LogP contribution in [0.25, 0.3) is 0 Å². The molecule has 108 valence electrons. The average molecular weight is 289 g/mol. The van der Waals surface area contributed by atoms with Crippen LogP contribution in [0.15, 0.2) is 22.8 Å². The molecule has 2 heterocycles. The minimum Gasteiger partial charge on any atom is -0.467 e. The monoisotopic (exact) mass is 288 g/mol. The molecular formula is C13H21ClN2O3. The first-order chi connectivity index (χ1) is 8.81. The summed E-state index contributed by atoms with van der Waals surface area (Å²) in [6.45, 7) is 2.24. The summed E-state index contributed by atoms with van der Waals surface area (Å²) in [6, 6.07) is 3.47. The molecule has 1 fully saturated rings. The lowest BCUT2D eigenvalue weighted by Crippen LogP contribution is -2.40. The molecule has 0 aliphatic carbocycles. The largest absolute Gasteiger partial charge is 0.467 e. The van der Waals surface area contributed by atoms with Crippen molar-refractivity contribution in [3.63, 3.8) is 0 Å². The molecule has 1 atom stereocenters. The maximum Gasteiger partial charge on any atom is 0.223 e. The average Bonchev–Trinajstić information content (AvgIpc) is 2.93. The molecule has 6 heteroatoms. The van der Waals surface area contributed by atoms with Crippen LogP contribution in [0.2, 0.25) is 0 Å². The summed E-state index contributed by atoms with van der Waals surface area (Å²) in [5.74, 6) is 0.926. The molecule has 1 saturated heterocycles. The minimum absolute atomic E-state index is 0. The Morgan fingerprint density at radius 2 is 2.32 bits per heavy atom. The third kappa shape index (κ3) is 4.53. The third-order valence-corrected chi connectivity index (χ3v) is 3.25. The predicted octanol–water partition coefficient (Wildman–Crippen LogP) is 1.50. The van der Waals surface area contributed by atoms with Crippen LogP contribution < -0.4 is 10.6 Å². The second-order valence-corrected chi connectivity index (χ2v) is 4.56. The molecule has 0 bridgehead atoms. The maximum atomic E-state index is 12.1. The Labute approximate surface area is 119 Å². The highest BCUT2D eigenvalue weighted by Crippen LogP contribution is 2.17. The highest BCUT2D eigenvalue weighted by molar-refractivity contribution is 5.85. The van der Waals surface area contributed by atoms with Gasteiger partial charge in [0.2, 0.25) is 5.91 Å². The van der Waals surface area contributed by atoms with Crippen molar-refractivity contribution in [2.45, 2.75) is 18.9 Å². The van der Waals surface area contributed by atoms with Crippen LogP contribution in [0.1, 0.15) is 24.6 Å². The number of ether oxygens (including phenoxy) is 1. The highest BCUT2D eigenvalue weighted by Gasteiger charge is 2.24. The number of amides is 1. The number of carbonyl (C=O) groups is 1. The number of piperidine rings is 1. The molecule has 2 rings (SSSR count). The van der Waals surface area contributed by atoms with E-state index in [0.29, 0.717) is 6.61 Å². The van der Waals surface area contributed by atoms with Gasteiger partial charge >= 0.3 is 0 Å². The lowest BCUT2D eigenvalue weighted by Gasteiger charge is -2.24. The lowest BCUT2D eigenvalue weighted by molar-refractivity contribution is -0.127. The Morgan fingerprint density at radius 3 is 2.89 bits per heavy atom. The van der Waals surface area contributed by atoms with Gasteiger partial charge in [-0.3, -0.25) is 4.79 Å². The van der Waals surface area contributed by atoms with E-state index >= 15 is 0 Å². The summed E-state index contributed by atoms with van der Waals surface area (Å²) in [7, 11) is 1.62. The second-order valence-electron chi connectivity index (χ2n) is 4.56.